The Morgan fingerprint density at radius 1 is 1.30 bits per heavy atom. The fraction of sp³-hybridized carbons (Fsp3) is 0.647. The van der Waals surface area contributed by atoms with Gasteiger partial charge in [-0.25, -0.2) is 4.39 Å². The van der Waals surface area contributed by atoms with Crippen molar-refractivity contribution in [3.05, 3.63) is 29.6 Å². The van der Waals surface area contributed by atoms with E-state index >= 15 is 0 Å². The summed E-state index contributed by atoms with van der Waals surface area (Å²) in [5.41, 5.74) is 0.945. The maximum absolute atomic E-state index is 14.2. The van der Waals surface area contributed by atoms with E-state index in [0.717, 1.165) is 18.5 Å². The van der Waals surface area contributed by atoms with Crippen LogP contribution >= 0.6 is 0 Å². The molecule has 0 spiro atoms. The van der Waals surface area contributed by atoms with E-state index in [9.17, 15) is 4.39 Å². The van der Waals surface area contributed by atoms with Gasteiger partial charge in [0.15, 0.2) is 0 Å². The lowest BCUT2D eigenvalue weighted by Gasteiger charge is -2.31. The Hall–Kier alpha value is -1.09. The zero-order valence-corrected chi connectivity index (χ0v) is 13.6. The first-order valence-electron chi connectivity index (χ1n) is 7.36. The second-order valence-corrected chi connectivity index (χ2v) is 6.50. The molecule has 0 amide bonds. The summed E-state index contributed by atoms with van der Waals surface area (Å²) in [5.74, 6) is 0.856. The average Bonchev–Trinajstić information content (AvgIpc) is 2.37. The van der Waals surface area contributed by atoms with E-state index in [1.807, 2.05) is 12.1 Å². The van der Waals surface area contributed by atoms with Crippen LogP contribution in [0, 0.1) is 17.2 Å². The average molecular weight is 281 g/mol. The molecule has 0 saturated heterocycles. The maximum Gasteiger partial charge on any atom is 0.131 e. The molecule has 114 valence electrons. The van der Waals surface area contributed by atoms with Crippen molar-refractivity contribution in [2.45, 2.75) is 47.1 Å². The molecule has 0 aliphatic carbocycles. The smallest absolute Gasteiger partial charge is 0.131 e. The van der Waals surface area contributed by atoms with Crippen LogP contribution < -0.4 is 10.1 Å². The highest BCUT2D eigenvalue weighted by Crippen LogP contribution is 2.34. The molecule has 1 aromatic rings. The summed E-state index contributed by atoms with van der Waals surface area (Å²) in [5, 5.41) is 3.40. The second kappa shape index (κ2) is 7.07. The van der Waals surface area contributed by atoms with E-state index in [1.54, 1.807) is 7.11 Å². The number of benzene rings is 1. The topological polar surface area (TPSA) is 21.3 Å². The minimum Gasteiger partial charge on any atom is -0.497 e. The SMILES string of the molecule is CCNC(CC(C)C(C)(C)C)c1ccc(OC)cc1F. The summed E-state index contributed by atoms with van der Waals surface area (Å²) in [7, 11) is 1.55. The first kappa shape index (κ1) is 17.0. The van der Waals surface area contributed by atoms with Crippen molar-refractivity contribution < 1.29 is 9.13 Å². The molecule has 2 nitrogen and oxygen atoms in total. The summed E-state index contributed by atoms with van der Waals surface area (Å²) in [6, 6.07) is 5.16. The van der Waals surface area contributed by atoms with Crippen LogP contribution in [-0.4, -0.2) is 13.7 Å². The van der Waals surface area contributed by atoms with Crippen molar-refractivity contribution in [1.29, 1.82) is 0 Å². The van der Waals surface area contributed by atoms with Crippen LogP contribution in [0.4, 0.5) is 4.39 Å². The van der Waals surface area contributed by atoms with Gasteiger partial charge in [-0.05, 0) is 30.4 Å². The third kappa shape index (κ3) is 4.48. The molecule has 0 aliphatic heterocycles. The standard InChI is InChI=1S/C17H28FNO/c1-7-19-16(10-12(2)17(3,4)5)14-9-8-13(20-6)11-15(14)18/h8-9,11-12,16,19H,7,10H2,1-6H3. The van der Waals surface area contributed by atoms with Gasteiger partial charge in [0.05, 0.1) is 7.11 Å². The highest BCUT2D eigenvalue weighted by Gasteiger charge is 2.25. The molecule has 2 unspecified atom stereocenters. The van der Waals surface area contributed by atoms with Crippen LogP contribution in [0.1, 0.15) is 52.6 Å². The molecule has 0 radical (unpaired) electrons. The molecule has 0 heterocycles. The summed E-state index contributed by atoms with van der Waals surface area (Å²) in [6.45, 7) is 11.8. The van der Waals surface area contributed by atoms with E-state index in [-0.39, 0.29) is 17.3 Å². The van der Waals surface area contributed by atoms with Crippen LogP contribution in [0.5, 0.6) is 5.75 Å². The summed E-state index contributed by atoms with van der Waals surface area (Å²) in [4.78, 5) is 0. The van der Waals surface area contributed by atoms with Gasteiger partial charge >= 0.3 is 0 Å². The normalized spacial score (nSPS) is 14.9. The molecule has 1 aromatic carbocycles. The predicted molar refractivity (Wildman–Crippen MR) is 82.6 cm³/mol. The van der Waals surface area contributed by atoms with E-state index in [4.69, 9.17) is 4.74 Å². The van der Waals surface area contributed by atoms with Crippen LogP contribution in [0.15, 0.2) is 18.2 Å². The van der Waals surface area contributed by atoms with E-state index in [1.165, 1.54) is 6.07 Å². The number of methoxy groups -OCH3 is 1. The van der Waals surface area contributed by atoms with Crippen molar-refractivity contribution in [3.63, 3.8) is 0 Å². The van der Waals surface area contributed by atoms with Gasteiger partial charge in [-0.2, -0.15) is 0 Å². The van der Waals surface area contributed by atoms with Crippen molar-refractivity contribution in [3.8, 4) is 5.75 Å². The Kier molecular flexibility index (Phi) is 6.00. The highest BCUT2D eigenvalue weighted by atomic mass is 19.1. The van der Waals surface area contributed by atoms with E-state index < -0.39 is 0 Å². The zero-order chi connectivity index (χ0) is 15.3. The van der Waals surface area contributed by atoms with Gasteiger partial charge in [0.2, 0.25) is 0 Å². The quantitative estimate of drug-likeness (QED) is 0.825. The Labute approximate surface area is 122 Å². The fourth-order valence-corrected chi connectivity index (χ4v) is 2.19. The number of hydrogen-bond donors (Lipinski definition) is 1. The van der Waals surface area contributed by atoms with Crippen LogP contribution in [0.25, 0.3) is 0 Å². The minimum absolute atomic E-state index is 0.0418. The Morgan fingerprint density at radius 3 is 2.40 bits per heavy atom. The molecule has 0 aliphatic rings. The monoisotopic (exact) mass is 281 g/mol. The molecule has 0 saturated carbocycles. The number of ether oxygens (including phenoxy) is 1. The van der Waals surface area contributed by atoms with Crippen LogP contribution in [-0.2, 0) is 0 Å². The maximum atomic E-state index is 14.2. The second-order valence-electron chi connectivity index (χ2n) is 6.50. The molecule has 20 heavy (non-hydrogen) atoms. The lowest BCUT2D eigenvalue weighted by Crippen LogP contribution is -2.28. The number of rotatable bonds is 6. The molecule has 0 bridgehead atoms. The summed E-state index contributed by atoms with van der Waals surface area (Å²) >= 11 is 0. The molecule has 2 atom stereocenters. The van der Waals surface area contributed by atoms with E-state index in [2.05, 4.69) is 39.9 Å². The highest BCUT2D eigenvalue weighted by molar-refractivity contribution is 5.31. The lowest BCUT2D eigenvalue weighted by molar-refractivity contribution is 0.222. The molecular weight excluding hydrogens is 253 g/mol. The van der Waals surface area contributed by atoms with Crippen molar-refractivity contribution >= 4 is 0 Å². The Morgan fingerprint density at radius 2 is 1.95 bits per heavy atom. The fourth-order valence-electron chi connectivity index (χ4n) is 2.19. The van der Waals surface area contributed by atoms with Crippen LogP contribution in [0.3, 0.4) is 0 Å². The molecule has 3 heteroatoms. The van der Waals surface area contributed by atoms with Crippen molar-refractivity contribution in [2.24, 2.45) is 11.3 Å². The Bertz CT molecular complexity index is 425. The summed E-state index contributed by atoms with van der Waals surface area (Å²) in [6.07, 6.45) is 0.917. The third-order valence-corrected chi connectivity index (χ3v) is 4.10. The Balaban J connectivity index is 2.96. The van der Waals surface area contributed by atoms with Gasteiger partial charge < -0.3 is 10.1 Å². The first-order chi connectivity index (χ1) is 9.29. The first-order valence-corrected chi connectivity index (χ1v) is 7.36. The van der Waals surface area contributed by atoms with Gasteiger partial charge in [0, 0.05) is 17.7 Å². The largest absolute Gasteiger partial charge is 0.497 e. The molecular formula is C17H28FNO. The molecule has 1 N–H and O–H groups in total. The van der Waals surface area contributed by atoms with Gasteiger partial charge in [-0.3, -0.25) is 0 Å². The van der Waals surface area contributed by atoms with Gasteiger partial charge in [-0.15, -0.1) is 0 Å². The van der Waals surface area contributed by atoms with Gasteiger partial charge in [0.1, 0.15) is 11.6 Å². The minimum atomic E-state index is -0.198. The van der Waals surface area contributed by atoms with Gasteiger partial charge in [-0.1, -0.05) is 40.7 Å². The van der Waals surface area contributed by atoms with Crippen LogP contribution in [0.2, 0.25) is 0 Å². The predicted octanol–water partition coefficient (Wildman–Crippen LogP) is 4.56. The molecule has 1 rings (SSSR count). The summed E-state index contributed by atoms with van der Waals surface area (Å²) < 4.78 is 19.3. The van der Waals surface area contributed by atoms with Crippen molar-refractivity contribution in [2.75, 3.05) is 13.7 Å². The third-order valence-electron chi connectivity index (χ3n) is 4.10. The molecule has 0 aromatic heterocycles. The van der Waals surface area contributed by atoms with Crippen molar-refractivity contribution in [1.82, 2.24) is 5.32 Å². The number of nitrogens with one attached hydrogen (secondary N) is 1. The molecule has 0 fully saturated rings. The number of halogens is 1. The lowest BCUT2D eigenvalue weighted by atomic mass is 9.77. The zero-order valence-electron chi connectivity index (χ0n) is 13.6. The number of hydrogen-bond acceptors (Lipinski definition) is 2. The van der Waals surface area contributed by atoms with Gasteiger partial charge in [0.25, 0.3) is 0 Å². The van der Waals surface area contributed by atoms with E-state index in [0.29, 0.717) is 11.7 Å².